The summed E-state index contributed by atoms with van der Waals surface area (Å²) in [4.78, 5) is 0. The summed E-state index contributed by atoms with van der Waals surface area (Å²) < 4.78 is 23.4. The van der Waals surface area contributed by atoms with Crippen molar-refractivity contribution in [2.45, 2.75) is 17.3 Å². The average molecular weight is 191 g/mol. The fourth-order valence-corrected chi connectivity index (χ4v) is 1.67. The van der Waals surface area contributed by atoms with Crippen LogP contribution in [0.5, 0.6) is 0 Å². The standard InChI is InChI=1S/C8H8ClFO2/c1-6-2-3-8(10)7(9,4-6)11-5-12-8/h2-3H,1,4-5H2. The van der Waals surface area contributed by atoms with Crippen molar-refractivity contribution in [2.75, 3.05) is 6.79 Å². The molecule has 1 saturated heterocycles. The summed E-state index contributed by atoms with van der Waals surface area (Å²) in [5.74, 6) is -1.99. The van der Waals surface area contributed by atoms with Gasteiger partial charge in [0.05, 0.1) is 0 Å². The van der Waals surface area contributed by atoms with Crippen LogP contribution in [0.1, 0.15) is 6.42 Å². The van der Waals surface area contributed by atoms with Crippen molar-refractivity contribution >= 4 is 11.6 Å². The van der Waals surface area contributed by atoms with Gasteiger partial charge in [-0.05, 0) is 6.08 Å². The van der Waals surface area contributed by atoms with Gasteiger partial charge in [-0.25, -0.2) is 4.39 Å². The summed E-state index contributed by atoms with van der Waals surface area (Å²) in [5, 5.41) is -1.40. The summed E-state index contributed by atoms with van der Waals surface area (Å²) in [6, 6.07) is 0. The molecule has 2 atom stereocenters. The summed E-state index contributed by atoms with van der Waals surface area (Å²) in [5.41, 5.74) is 0.740. The van der Waals surface area contributed by atoms with Crippen LogP contribution in [0.15, 0.2) is 24.3 Å². The van der Waals surface area contributed by atoms with Crippen molar-refractivity contribution < 1.29 is 13.9 Å². The molecule has 0 aromatic rings. The Morgan fingerprint density at radius 1 is 1.58 bits per heavy atom. The number of hydrogen-bond acceptors (Lipinski definition) is 2. The number of halogens is 2. The molecule has 0 bridgehead atoms. The van der Waals surface area contributed by atoms with E-state index >= 15 is 0 Å². The molecule has 2 nitrogen and oxygen atoms in total. The van der Waals surface area contributed by atoms with Crippen molar-refractivity contribution in [1.82, 2.24) is 0 Å². The minimum Gasteiger partial charge on any atom is -0.327 e. The van der Waals surface area contributed by atoms with Crippen molar-refractivity contribution in [2.24, 2.45) is 0 Å². The first-order valence-electron chi connectivity index (χ1n) is 3.58. The highest BCUT2D eigenvalue weighted by Gasteiger charge is 2.58. The molecule has 1 heterocycles. The lowest BCUT2D eigenvalue weighted by molar-refractivity contribution is -0.0835. The van der Waals surface area contributed by atoms with E-state index < -0.39 is 10.9 Å². The Bertz CT molecular complexity index is 266. The number of fused-ring (bicyclic) bond motifs is 1. The SMILES string of the molecule is C=C1C=CC2(F)OCOC2(Cl)C1. The zero-order chi connectivity index (χ0) is 8.82. The van der Waals surface area contributed by atoms with E-state index in [1.165, 1.54) is 6.08 Å². The van der Waals surface area contributed by atoms with Gasteiger partial charge in [0.2, 0.25) is 5.06 Å². The van der Waals surface area contributed by atoms with E-state index in [-0.39, 0.29) is 13.2 Å². The molecular formula is C8H8ClFO2. The van der Waals surface area contributed by atoms with Gasteiger partial charge < -0.3 is 9.47 Å². The smallest absolute Gasteiger partial charge is 0.274 e. The summed E-state index contributed by atoms with van der Waals surface area (Å²) in [6.07, 6.45) is 3.07. The Morgan fingerprint density at radius 3 is 3.08 bits per heavy atom. The summed E-state index contributed by atoms with van der Waals surface area (Å²) >= 11 is 5.87. The van der Waals surface area contributed by atoms with E-state index in [1.807, 2.05) is 0 Å². The van der Waals surface area contributed by atoms with Gasteiger partial charge in [-0.15, -0.1) is 0 Å². The predicted molar refractivity (Wildman–Crippen MR) is 42.4 cm³/mol. The zero-order valence-corrected chi connectivity index (χ0v) is 7.10. The number of allylic oxidation sites excluding steroid dienone is 1. The van der Waals surface area contributed by atoms with Crippen LogP contribution in [0, 0.1) is 0 Å². The third-order valence-corrected chi connectivity index (χ3v) is 2.55. The molecule has 2 unspecified atom stereocenters. The fraction of sp³-hybridized carbons (Fsp3) is 0.500. The molecule has 0 saturated carbocycles. The normalized spacial score (nSPS) is 46.3. The van der Waals surface area contributed by atoms with Crippen molar-refractivity contribution in [3.8, 4) is 0 Å². The molecule has 2 aliphatic rings. The second kappa shape index (κ2) is 2.31. The van der Waals surface area contributed by atoms with Crippen molar-refractivity contribution in [1.29, 1.82) is 0 Å². The van der Waals surface area contributed by atoms with Crippen molar-refractivity contribution in [3.63, 3.8) is 0 Å². The number of hydrogen-bond donors (Lipinski definition) is 0. The fourth-order valence-electron chi connectivity index (χ4n) is 1.33. The highest BCUT2D eigenvalue weighted by atomic mass is 35.5. The first-order valence-corrected chi connectivity index (χ1v) is 3.96. The van der Waals surface area contributed by atoms with Crippen LogP contribution in [-0.4, -0.2) is 17.7 Å². The molecule has 4 heteroatoms. The van der Waals surface area contributed by atoms with Gasteiger partial charge in [0.25, 0.3) is 5.85 Å². The number of rotatable bonds is 0. The average Bonchev–Trinajstić information content (AvgIpc) is 2.26. The highest BCUT2D eigenvalue weighted by Crippen LogP contribution is 2.48. The van der Waals surface area contributed by atoms with E-state index in [2.05, 4.69) is 6.58 Å². The third kappa shape index (κ3) is 0.937. The summed E-state index contributed by atoms with van der Waals surface area (Å²) in [7, 11) is 0. The van der Waals surface area contributed by atoms with Crippen LogP contribution >= 0.6 is 11.6 Å². The topological polar surface area (TPSA) is 18.5 Å². The molecule has 0 aromatic carbocycles. The maximum Gasteiger partial charge on any atom is 0.274 e. The molecule has 1 aliphatic heterocycles. The van der Waals surface area contributed by atoms with E-state index in [9.17, 15) is 4.39 Å². The molecule has 0 amide bonds. The first kappa shape index (κ1) is 8.23. The molecule has 1 fully saturated rings. The van der Waals surface area contributed by atoms with Crippen LogP contribution < -0.4 is 0 Å². The third-order valence-electron chi connectivity index (χ3n) is 2.05. The van der Waals surface area contributed by atoms with Gasteiger partial charge in [-0.3, -0.25) is 0 Å². The molecule has 0 aromatic heterocycles. The van der Waals surface area contributed by atoms with Crippen LogP contribution in [0.25, 0.3) is 0 Å². The molecule has 0 radical (unpaired) electrons. The van der Waals surface area contributed by atoms with Gasteiger partial charge in [0.1, 0.15) is 0 Å². The predicted octanol–water partition coefficient (Wildman–Crippen LogP) is 2.11. The van der Waals surface area contributed by atoms with Crippen LogP contribution in [0.3, 0.4) is 0 Å². The Balaban J connectivity index is 2.41. The summed E-state index contributed by atoms with van der Waals surface area (Å²) in [6.45, 7) is 3.56. The number of alkyl halides is 2. The Morgan fingerprint density at radius 2 is 2.33 bits per heavy atom. The van der Waals surface area contributed by atoms with Gasteiger partial charge in [0.15, 0.2) is 6.79 Å². The quantitative estimate of drug-likeness (QED) is 0.545. The Kier molecular flexibility index (Phi) is 1.59. The Hall–Kier alpha value is -0.380. The van der Waals surface area contributed by atoms with Gasteiger partial charge in [-0.2, -0.15) is 0 Å². The first-order chi connectivity index (χ1) is 5.56. The van der Waals surface area contributed by atoms with E-state index in [0.29, 0.717) is 0 Å². The number of ether oxygens (including phenoxy) is 2. The lowest BCUT2D eigenvalue weighted by atomic mass is 9.96. The Labute approximate surface area is 74.6 Å². The lowest BCUT2D eigenvalue weighted by Gasteiger charge is -2.32. The second-order valence-electron chi connectivity index (χ2n) is 2.95. The van der Waals surface area contributed by atoms with Crippen LogP contribution in [0.4, 0.5) is 4.39 Å². The maximum absolute atomic E-state index is 13.7. The maximum atomic E-state index is 13.7. The van der Waals surface area contributed by atoms with E-state index in [4.69, 9.17) is 21.1 Å². The molecule has 0 spiro atoms. The molecular weight excluding hydrogens is 183 g/mol. The van der Waals surface area contributed by atoms with Gasteiger partial charge in [-0.1, -0.05) is 29.8 Å². The van der Waals surface area contributed by atoms with Crippen LogP contribution in [-0.2, 0) is 9.47 Å². The molecule has 0 N–H and O–H groups in total. The zero-order valence-electron chi connectivity index (χ0n) is 6.35. The monoisotopic (exact) mass is 190 g/mol. The second-order valence-corrected chi connectivity index (χ2v) is 3.56. The van der Waals surface area contributed by atoms with Gasteiger partial charge >= 0.3 is 0 Å². The van der Waals surface area contributed by atoms with E-state index in [0.717, 1.165) is 5.57 Å². The largest absolute Gasteiger partial charge is 0.327 e. The molecule has 2 rings (SSSR count). The molecule has 12 heavy (non-hydrogen) atoms. The molecule has 1 aliphatic carbocycles. The van der Waals surface area contributed by atoms with E-state index in [1.54, 1.807) is 6.08 Å². The molecule has 66 valence electrons. The van der Waals surface area contributed by atoms with Crippen molar-refractivity contribution in [3.05, 3.63) is 24.3 Å². The highest BCUT2D eigenvalue weighted by molar-refractivity contribution is 6.24. The lowest BCUT2D eigenvalue weighted by Crippen LogP contribution is -2.44. The van der Waals surface area contributed by atoms with Gasteiger partial charge in [0, 0.05) is 6.42 Å². The minimum absolute atomic E-state index is 0.113. The van der Waals surface area contributed by atoms with Crippen LogP contribution in [0.2, 0.25) is 0 Å². The minimum atomic E-state index is -1.99.